The summed E-state index contributed by atoms with van der Waals surface area (Å²) in [4.78, 5) is 48.2. The molecule has 3 aromatic rings. The van der Waals surface area contributed by atoms with Gasteiger partial charge in [0.2, 0.25) is 5.91 Å². The number of aromatic nitrogens is 1. The van der Waals surface area contributed by atoms with Gasteiger partial charge in [-0.15, -0.1) is 0 Å². The van der Waals surface area contributed by atoms with Crippen molar-refractivity contribution in [3.8, 4) is 5.75 Å². The lowest BCUT2D eigenvalue weighted by Gasteiger charge is -2.52. The van der Waals surface area contributed by atoms with Crippen molar-refractivity contribution in [3.05, 3.63) is 86.4 Å². The van der Waals surface area contributed by atoms with Gasteiger partial charge in [-0.25, -0.2) is 14.6 Å². The zero-order chi connectivity index (χ0) is 40.1. The van der Waals surface area contributed by atoms with E-state index in [-0.39, 0.29) is 30.6 Å². The molecule has 0 bridgehead atoms. The topological polar surface area (TPSA) is 157 Å². The van der Waals surface area contributed by atoms with Crippen molar-refractivity contribution >= 4 is 50.3 Å². The molecule has 5 aliphatic rings. The molecule has 304 valence electrons. The Labute approximate surface area is 342 Å². The number of carbonyl (C=O) groups excluding carboxylic acids is 2. The van der Waals surface area contributed by atoms with Crippen molar-refractivity contribution in [2.24, 2.45) is 5.92 Å². The number of esters is 1. The SMILES string of the molecule is C/C=C(\C)C(=O)O[C@]1(C)CC=C2CSSC[C@@H]3[C@@H](CNC)CN3C(=O)Cc3cnc(N)cc3[C@H]2[C@]12Cc1cc3cc(C4(CCO)CCCCC4)c(=O)oc3cc1O2. The minimum absolute atomic E-state index is 0.00136. The van der Waals surface area contributed by atoms with Crippen LogP contribution in [-0.4, -0.2) is 82.4 Å². The number of nitrogen functional groups attached to an aromatic ring is 1. The number of benzene rings is 1. The van der Waals surface area contributed by atoms with E-state index >= 15 is 0 Å². The Morgan fingerprint density at radius 1 is 1.16 bits per heavy atom. The summed E-state index contributed by atoms with van der Waals surface area (Å²) >= 11 is 0. The van der Waals surface area contributed by atoms with Gasteiger partial charge in [-0.2, -0.15) is 0 Å². The molecule has 1 saturated heterocycles. The number of amides is 1. The summed E-state index contributed by atoms with van der Waals surface area (Å²) < 4.78 is 20.0. The standard InChI is InChI=1S/C44H54N4O7S2/c1-5-26(2)40(51)55-42(3)12-9-27-24-56-57-25-34-31(21-46-4)23-48(34)38(50)17-30-22-47-37(45)18-32(30)39(27)44(42)20-29-15-28-16-33(41(52)53-35(28)19-36(29)54-44)43(13-14-49)10-7-6-8-11-43/h5,9,15-16,18-19,22,31,34,39,46,49H,6-8,10-14,17,20-21,23-25H2,1-4H3,(H2,45,47)/b26-5+/t31-,34+,39-,42+,44+/m0/s1. The first-order valence-electron chi connectivity index (χ1n) is 20.3. The van der Waals surface area contributed by atoms with E-state index in [1.165, 1.54) is 0 Å². The van der Waals surface area contributed by atoms with Crippen molar-refractivity contribution in [1.29, 1.82) is 0 Å². The average Bonchev–Trinajstić information content (AvgIpc) is 3.56. The largest absolute Gasteiger partial charge is 0.481 e. The molecule has 2 fully saturated rings. The van der Waals surface area contributed by atoms with Crippen LogP contribution in [0.1, 0.15) is 93.9 Å². The number of nitrogens with one attached hydrogen (secondary N) is 1. The molecule has 3 aliphatic heterocycles. The fourth-order valence-electron chi connectivity index (χ4n) is 10.2. The van der Waals surface area contributed by atoms with Gasteiger partial charge in [0.05, 0.1) is 12.3 Å². The van der Waals surface area contributed by atoms with Crippen molar-refractivity contribution in [2.45, 2.75) is 107 Å². The van der Waals surface area contributed by atoms with E-state index < -0.39 is 28.5 Å². The highest BCUT2D eigenvalue weighted by Crippen LogP contribution is 2.58. The molecule has 1 amide bonds. The minimum Gasteiger partial charge on any atom is -0.481 e. The maximum atomic E-state index is 14.1. The number of rotatable bonds is 7. The Morgan fingerprint density at radius 2 is 1.96 bits per heavy atom. The molecule has 4 N–H and O–H groups in total. The van der Waals surface area contributed by atoms with Crippen LogP contribution in [-0.2, 0) is 32.6 Å². The lowest BCUT2D eigenvalue weighted by atomic mass is 9.61. The highest BCUT2D eigenvalue weighted by atomic mass is 33.1. The van der Waals surface area contributed by atoms with Gasteiger partial charge in [0.1, 0.15) is 17.2 Å². The number of pyridine rings is 1. The summed E-state index contributed by atoms with van der Waals surface area (Å²) in [6, 6.07) is 7.84. The summed E-state index contributed by atoms with van der Waals surface area (Å²) in [5.41, 5.74) is 8.46. The van der Waals surface area contributed by atoms with Crippen LogP contribution in [0.3, 0.4) is 0 Å². The number of aliphatic hydroxyl groups is 1. The van der Waals surface area contributed by atoms with Crippen LogP contribution in [0.25, 0.3) is 11.0 Å². The lowest BCUT2D eigenvalue weighted by molar-refractivity contribution is -0.183. The Hall–Kier alpha value is -3.78. The molecule has 57 heavy (non-hydrogen) atoms. The fraction of sp³-hybridized carbons (Fsp3) is 0.545. The first kappa shape index (κ1) is 40.0. The van der Waals surface area contributed by atoms with Gasteiger partial charge in [-0.05, 0) is 82.0 Å². The first-order valence-corrected chi connectivity index (χ1v) is 22.8. The minimum atomic E-state index is -1.18. The van der Waals surface area contributed by atoms with E-state index in [0.717, 1.165) is 72.1 Å². The Balaban J connectivity index is 1.27. The van der Waals surface area contributed by atoms with Crippen molar-refractivity contribution in [2.75, 3.05) is 44.0 Å². The van der Waals surface area contributed by atoms with Crippen LogP contribution < -0.4 is 21.4 Å². The van der Waals surface area contributed by atoms with Crippen LogP contribution in [0.2, 0.25) is 0 Å². The molecule has 1 saturated carbocycles. The molecule has 2 aromatic heterocycles. The van der Waals surface area contributed by atoms with Crippen LogP contribution in [0.15, 0.2) is 63.0 Å². The summed E-state index contributed by atoms with van der Waals surface area (Å²) in [5.74, 6) is 1.91. The number of hydrogen-bond acceptors (Lipinski definition) is 12. The smallest absolute Gasteiger partial charge is 0.340 e. The number of aliphatic hydroxyl groups excluding tert-OH is 1. The summed E-state index contributed by atoms with van der Waals surface area (Å²) in [7, 11) is 5.50. The summed E-state index contributed by atoms with van der Waals surface area (Å²) in [6.07, 6.45) is 11.9. The summed E-state index contributed by atoms with van der Waals surface area (Å²) in [5, 5.41) is 14.2. The molecule has 13 heteroatoms. The van der Waals surface area contributed by atoms with Crippen LogP contribution in [0.5, 0.6) is 5.75 Å². The third-order valence-corrected chi connectivity index (χ3v) is 16.0. The molecule has 1 aromatic carbocycles. The number of ether oxygens (including phenoxy) is 2. The number of nitrogens with two attached hydrogens (primary N) is 1. The predicted octanol–water partition coefficient (Wildman–Crippen LogP) is 6.39. The maximum absolute atomic E-state index is 14.1. The number of allylic oxidation sites excluding steroid dienone is 1. The number of anilines is 1. The van der Waals surface area contributed by atoms with Gasteiger partial charge in [-0.1, -0.05) is 58.6 Å². The summed E-state index contributed by atoms with van der Waals surface area (Å²) in [6.45, 7) is 7.07. The average molecular weight is 815 g/mol. The molecular weight excluding hydrogens is 761 g/mol. The molecular formula is C44H54N4O7S2. The third-order valence-electron chi connectivity index (χ3n) is 13.6. The number of nitrogens with zero attached hydrogens (tertiary/aromatic N) is 2. The number of hydrogen-bond donors (Lipinski definition) is 3. The van der Waals surface area contributed by atoms with E-state index in [9.17, 15) is 19.5 Å². The zero-order valence-corrected chi connectivity index (χ0v) is 35.0. The molecule has 0 radical (unpaired) electrons. The van der Waals surface area contributed by atoms with E-state index in [1.54, 1.807) is 46.9 Å². The van der Waals surface area contributed by atoms with Gasteiger partial charge < -0.3 is 34.9 Å². The van der Waals surface area contributed by atoms with Gasteiger partial charge in [0.25, 0.3) is 0 Å². The van der Waals surface area contributed by atoms with E-state index in [4.69, 9.17) is 19.6 Å². The van der Waals surface area contributed by atoms with Crippen molar-refractivity contribution in [3.63, 3.8) is 0 Å². The van der Waals surface area contributed by atoms with Gasteiger partial charge in [0, 0.05) is 90.2 Å². The molecule has 2 aliphatic carbocycles. The Kier molecular flexibility index (Phi) is 11.1. The van der Waals surface area contributed by atoms with E-state index in [1.807, 2.05) is 37.9 Å². The van der Waals surface area contributed by atoms with Crippen LogP contribution in [0, 0.1) is 5.92 Å². The fourth-order valence-corrected chi connectivity index (χ4v) is 12.8. The quantitative estimate of drug-likeness (QED) is 0.0795. The second-order valence-electron chi connectivity index (χ2n) is 16.9. The van der Waals surface area contributed by atoms with Crippen LogP contribution >= 0.6 is 21.6 Å². The monoisotopic (exact) mass is 814 g/mol. The molecule has 1 spiro atoms. The van der Waals surface area contributed by atoms with Crippen LogP contribution in [0.4, 0.5) is 5.82 Å². The number of carbonyl (C=O) groups is 2. The second kappa shape index (κ2) is 15.8. The van der Waals surface area contributed by atoms with Gasteiger partial charge in [-0.3, -0.25) is 4.79 Å². The molecule has 0 unspecified atom stereocenters. The van der Waals surface area contributed by atoms with Gasteiger partial charge >= 0.3 is 11.6 Å². The van der Waals surface area contributed by atoms with E-state index in [0.29, 0.717) is 65.8 Å². The number of fused-ring (bicyclic) bond motifs is 7. The lowest BCUT2D eigenvalue weighted by Crippen LogP contribution is -2.64. The Morgan fingerprint density at radius 3 is 2.72 bits per heavy atom. The maximum Gasteiger partial charge on any atom is 0.340 e. The van der Waals surface area contributed by atoms with Crippen molar-refractivity contribution in [1.82, 2.24) is 15.2 Å². The highest BCUT2D eigenvalue weighted by Gasteiger charge is 2.64. The molecule has 5 atom stereocenters. The van der Waals surface area contributed by atoms with E-state index in [2.05, 4.69) is 22.4 Å². The predicted molar refractivity (Wildman–Crippen MR) is 226 cm³/mol. The first-order chi connectivity index (χ1) is 27.4. The second-order valence-corrected chi connectivity index (χ2v) is 19.4. The van der Waals surface area contributed by atoms with Crippen molar-refractivity contribution < 1.29 is 28.6 Å². The normalized spacial score (nSPS) is 28.5. The molecule has 8 rings (SSSR count). The molecule has 11 nitrogen and oxygen atoms in total. The molecule has 5 heterocycles. The third kappa shape index (κ3) is 6.99. The zero-order valence-electron chi connectivity index (χ0n) is 33.4. The highest BCUT2D eigenvalue weighted by molar-refractivity contribution is 8.76. The van der Waals surface area contributed by atoms with Gasteiger partial charge in [0.15, 0.2) is 11.2 Å². The Bertz CT molecular complexity index is 2190.